The Hall–Kier alpha value is -2.75. The van der Waals surface area contributed by atoms with Crippen molar-refractivity contribution in [2.75, 3.05) is 25.5 Å². The van der Waals surface area contributed by atoms with E-state index in [0.717, 1.165) is 4.90 Å². The van der Waals surface area contributed by atoms with E-state index in [1.807, 2.05) is 25.1 Å². The first-order valence-electron chi connectivity index (χ1n) is 9.55. The number of benzene rings is 1. The molecule has 0 spiro atoms. The first kappa shape index (κ1) is 22.9. The molecule has 0 radical (unpaired) electrons. The number of rotatable bonds is 4. The Bertz CT molecular complexity index is 943. The van der Waals surface area contributed by atoms with Crippen LogP contribution in [0.1, 0.15) is 13.3 Å². The number of alkyl halides is 3. The topological polar surface area (TPSA) is 56.2 Å². The highest BCUT2D eigenvalue weighted by molar-refractivity contribution is 8.00. The molecule has 166 valence electrons. The van der Waals surface area contributed by atoms with E-state index in [0.29, 0.717) is 12.2 Å². The van der Waals surface area contributed by atoms with Crippen LogP contribution in [-0.4, -0.2) is 59.6 Å². The normalized spacial score (nSPS) is 27.0. The predicted molar refractivity (Wildman–Crippen MR) is 115 cm³/mol. The van der Waals surface area contributed by atoms with Gasteiger partial charge in [-0.1, -0.05) is 6.08 Å². The van der Waals surface area contributed by atoms with Gasteiger partial charge in [-0.05, 0) is 55.4 Å². The number of urea groups is 1. The molecule has 2 atom stereocenters. The number of aliphatic imine (C=N–C) groups is 1. The van der Waals surface area contributed by atoms with Crippen LogP contribution in [0.5, 0.6) is 0 Å². The molecule has 0 saturated carbocycles. The van der Waals surface area contributed by atoms with Crippen LogP contribution >= 0.6 is 11.8 Å². The van der Waals surface area contributed by atoms with Gasteiger partial charge in [0.05, 0.1) is 5.69 Å². The number of halogens is 3. The Balaban J connectivity index is 1.97. The molecule has 31 heavy (non-hydrogen) atoms. The van der Waals surface area contributed by atoms with Crippen LogP contribution in [0, 0.1) is 5.92 Å². The van der Waals surface area contributed by atoms with E-state index in [-0.39, 0.29) is 28.9 Å². The number of nitrogens with zero attached hydrogens (tertiary/aromatic N) is 4. The van der Waals surface area contributed by atoms with Gasteiger partial charge in [-0.25, -0.2) is 14.7 Å². The molecule has 0 N–H and O–H groups in total. The van der Waals surface area contributed by atoms with Crippen molar-refractivity contribution in [2.45, 2.75) is 29.3 Å². The smallest absolute Gasteiger partial charge is 0.363 e. The van der Waals surface area contributed by atoms with Crippen LogP contribution in [0.15, 0.2) is 58.7 Å². The van der Waals surface area contributed by atoms with Crippen LogP contribution in [0.4, 0.5) is 23.7 Å². The van der Waals surface area contributed by atoms with Crippen molar-refractivity contribution in [3.05, 3.63) is 48.8 Å². The second-order valence-corrected chi connectivity index (χ2v) is 8.69. The molecule has 0 aliphatic carbocycles. The monoisotopic (exact) mass is 452 g/mol. The predicted octanol–water partition coefficient (Wildman–Crippen LogP) is 4.51. The Labute approximate surface area is 183 Å². The Kier molecular flexibility index (Phi) is 6.22. The lowest BCUT2D eigenvalue weighted by molar-refractivity contribution is -0.124. The fourth-order valence-corrected chi connectivity index (χ4v) is 4.23. The van der Waals surface area contributed by atoms with Crippen molar-refractivity contribution in [3.63, 3.8) is 0 Å². The molecule has 1 fully saturated rings. The molecule has 1 aromatic rings. The highest BCUT2D eigenvalue weighted by atomic mass is 32.2. The molecule has 1 saturated heterocycles. The quantitative estimate of drug-likeness (QED) is 0.383. The Morgan fingerprint density at radius 2 is 1.90 bits per heavy atom. The van der Waals surface area contributed by atoms with E-state index in [2.05, 4.69) is 11.6 Å². The highest BCUT2D eigenvalue weighted by Crippen LogP contribution is 2.40. The molecule has 2 aliphatic rings. The van der Waals surface area contributed by atoms with Gasteiger partial charge in [0.25, 0.3) is 5.91 Å². The average Bonchev–Trinajstić information content (AvgIpc) is 2.91. The fourth-order valence-electron chi connectivity index (χ4n) is 3.69. The molecule has 3 amide bonds. The fraction of sp³-hybridized carbons (Fsp3) is 0.381. The maximum Gasteiger partial charge on any atom is 0.446 e. The van der Waals surface area contributed by atoms with Gasteiger partial charge in [0.2, 0.25) is 0 Å². The zero-order valence-corrected chi connectivity index (χ0v) is 18.2. The van der Waals surface area contributed by atoms with Crippen molar-refractivity contribution in [1.82, 2.24) is 9.80 Å². The van der Waals surface area contributed by atoms with Crippen molar-refractivity contribution in [2.24, 2.45) is 10.9 Å². The standard InChI is InChI=1S/C21H23F3N4O2S/c1-5-14-13-25-17(26(3)4)7-6-12-27-19(30)28(18(29)20(14,27)2)15-8-10-16(11-9-15)31-21(22,23)24/h5,7-11,13-14H,1,6,12H2,2-4H3/b17-7+,25-13-. The van der Waals surface area contributed by atoms with Crippen LogP contribution in [-0.2, 0) is 4.79 Å². The van der Waals surface area contributed by atoms with Crippen LogP contribution in [0.2, 0.25) is 0 Å². The molecule has 0 bridgehead atoms. The highest BCUT2D eigenvalue weighted by Gasteiger charge is 2.57. The largest absolute Gasteiger partial charge is 0.446 e. The van der Waals surface area contributed by atoms with E-state index >= 15 is 0 Å². The number of carbonyl (C=O) groups is 2. The molecular formula is C21H23F3N4O2S. The Morgan fingerprint density at radius 3 is 2.45 bits per heavy atom. The summed E-state index contributed by atoms with van der Waals surface area (Å²) in [5.74, 6) is -0.319. The minimum Gasteiger partial charge on any atom is -0.363 e. The van der Waals surface area contributed by atoms with E-state index in [4.69, 9.17) is 0 Å². The molecule has 0 aromatic heterocycles. The number of anilines is 1. The van der Waals surface area contributed by atoms with Crippen molar-refractivity contribution < 1.29 is 22.8 Å². The van der Waals surface area contributed by atoms with Gasteiger partial charge in [-0.15, -0.1) is 6.58 Å². The summed E-state index contributed by atoms with van der Waals surface area (Å²) in [5.41, 5.74) is -5.45. The third-order valence-corrected chi connectivity index (χ3v) is 6.10. The third kappa shape index (κ3) is 4.34. The lowest BCUT2D eigenvalue weighted by Crippen LogP contribution is -2.53. The molecule has 1 aromatic carbocycles. The number of amides is 3. The first-order valence-corrected chi connectivity index (χ1v) is 10.4. The summed E-state index contributed by atoms with van der Waals surface area (Å²) in [7, 11) is 3.71. The molecule has 2 aliphatic heterocycles. The first-order chi connectivity index (χ1) is 14.5. The van der Waals surface area contributed by atoms with Gasteiger partial charge in [-0.3, -0.25) is 4.79 Å². The third-order valence-electron chi connectivity index (χ3n) is 5.36. The van der Waals surface area contributed by atoms with Crippen LogP contribution in [0.25, 0.3) is 0 Å². The Morgan fingerprint density at radius 1 is 1.26 bits per heavy atom. The summed E-state index contributed by atoms with van der Waals surface area (Å²) in [6, 6.07) is 4.66. The molecule has 6 nitrogen and oxygen atoms in total. The summed E-state index contributed by atoms with van der Waals surface area (Å²) in [5, 5.41) is 0. The van der Waals surface area contributed by atoms with E-state index in [9.17, 15) is 22.8 Å². The van der Waals surface area contributed by atoms with Gasteiger partial charge < -0.3 is 9.80 Å². The van der Waals surface area contributed by atoms with Crippen molar-refractivity contribution in [1.29, 1.82) is 0 Å². The second kappa shape index (κ2) is 8.41. The minimum atomic E-state index is -4.42. The molecule has 3 rings (SSSR count). The van der Waals surface area contributed by atoms with Crippen LogP contribution in [0.3, 0.4) is 0 Å². The van der Waals surface area contributed by atoms with Gasteiger partial charge in [-0.2, -0.15) is 13.2 Å². The second-order valence-electron chi connectivity index (χ2n) is 7.55. The summed E-state index contributed by atoms with van der Waals surface area (Å²) < 4.78 is 37.8. The molecule has 2 heterocycles. The maximum absolute atomic E-state index is 13.5. The van der Waals surface area contributed by atoms with Gasteiger partial charge in [0.15, 0.2) is 0 Å². The average molecular weight is 453 g/mol. The lowest BCUT2D eigenvalue weighted by Gasteiger charge is -2.34. The number of hydrogen-bond acceptors (Lipinski definition) is 5. The number of hydrogen-bond donors (Lipinski definition) is 0. The SMILES string of the molecule is C=CC1/C=N\C(N(C)C)=C/CCN2C(=O)N(c3ccc(SC(F)(F)F)cc3)C(=O)C12C. The van der Waals surface area contributed by atoms with Gasteiger partial charge in [0.1, 0.15) is 11.4 Å². The molecular weight excluding hydrogens is 429 g/mol. The number of thioether (sulfide) groups is 1. The summed E-state index contributed by atoms with van der Waals surface area (Å²) in [6.07, 6.45) is 5.55. The zero-order valence-electron chi connectivity index (χ0n) is 17.4. The summed E-state index contributed by atoms with van der Waals surface area (Å²) in [4.78, 5) is 35.5. The minimum absolute atomic E-state index is 0.0261. The zero-order chi connectivity index (χ0) is 23.0. The number of fused-ring (bicyclic) bond motifs is 1. The van der Waals surface area contributed by atoms with Gasteiger partial charge in [0, 0.05) is 37.7 Å². The van der Waals surface area contributed by atoms with Crippen molar-refractivity contribution >= 4 is 35.6 Å². The van der Waals surface area contributed by atoms with Crippen LogP contribution < -0.4 is 4.90 Å². The number of carbonyl (C=O) groups excluding carboxylic acids is 2. The van der Waals surface area contributed by atoms with E-state index in [1.165, 1.54) is 29.2 Å². The lowest BCUT2D eigenvalue weighted by atomic mass is 9.84. The van der Waals surface area contributed by atoms with Gasteiger partial charge >= 0.3 is 11.5 Å². The summed E-state index contributed by atoms with van der Waals surface area (Å²) in [6.45, 7) is 5.77. The summed E-state index contributed by atoms with van der Waals surface area (Å²) >= 11 is -0.253. The molecule has 10 heteroatoms. The maximum atomic E-state index is 13.5. The number of imide groups is 1. The van der Waals surface area contributed by atoms with E-state index in [1.54, 1.807) is 19.2 Å². The van der Waals surface area contributed by atoms with E-state index < -0.39 is 28.9 Å². The molecule has 2 unspecified atom stereocenters. The van der Waals surface area contributed by atoms with Crippen molar-refractivity contribution in [3.8, 4) is 0 Å².